The number of hydrogen-bond acceptors (Lipinski definition) is 8. The fourth-order valence-corrected chi connectivity index (χ4v) is 3.57. The molecule has 0 aromatic heterocycles. The van der Waals surface area contributed by atoms with Crippen LogP contribution in [0.5, 0.6) is 0 Å². The summed E-state index contributed by atoms with van der Waals surface area (Å²) in [4.78, 5) is 86.0. The number of hydrogen-bond donors (Lipinski definition) is 5. The molecule has 40 heavy (non-hydrogen) atoms. The van der Waals surface area contributed by atoms with Crippen LogP contribution in [0.3, 0.4) is 0 Å². The normalized spacial score (nSPS) is 15.6. The Morgan fingerprint density at radius 2 is 1.57 bits per heavy atom. The first kappa shape index (κ1) is 31.7. The third kappa shape index (κ3) is 11.1. The summed E-state index contributed by atoms with van der Waals surface area (Å²) in [5, 5.41) is 18.9. The smallest absolute Gasteiger partial charge is 0.326 e. The number of benzene rings is 1. The molecule has 2 rings (SSSR count). The molecule has 1 aliphatic heterocycles. The quantitative estimate of drug-likeness (QED) is 0.140. The van der Waals surface area contributed by atoms with Gasteiger partial charge in [0.15, 0.2) is 0 Å². The highest BCUT2D eigenvalue weighted by molar-refractivity contribution is 5.98. The summed E-state index contributed by atoms with van der Waals surface area (Å²) in [5.41, 5.74) is -0.113. The molecule has 0 unspecified atom stereocenters. The molecule has 1 heterocycles. The summed E-state index contributed by atoms with van der Waals surface area (Å²) in [7, 11) is 0. The second-order valence-electron chi connectivity index (χ2n) is 10.2. The first-order chi connectivity index (χ1) is 18.7. The van der Waals surface area contributed by atoms with Crippen molar-refractivity contribution in [3.63, 3.8) is 0 Å². The van der Waals surface area contributed by atoms with Gasteiger partial charge in [0.2, 0.25) is 29.5 Å². The van der Waals surface area contributed by atoms with E-state index in [9.17, 15) is 38.7 Å². The van der Waals surface area contributed by atoms with Crippen molar-refractivity contribution < 1.29 is 43.4 Å². The summed E-state index contributed by atoms with van der Waals surface area (Å²) in [6, 6.07) is 5.17. The van der Waals surface area contributed by atoms with Crippen molar-refractivity contribution >= 4 is 41.5 Å². The van der Waals surface area contributed by atoms with Crippen LogP contribution in [0.1, 0.15) is 39.7 Å². The number of nitrogens with zero attached hydrogens (tertiary/aromatic N) is 1. The number of esters is 1. The zero-order valence-corrected chi connectivity index (χ0v) is 22.8. The molecule has 0 radical (unpaired) electrons. The summed E-state index contributed by atoms with van der Waals surface area (Å²) < 4.78 is 5.12. The Balaban J connectivity index is 2.01. The Bertz CT molecular complexity index is 1130. The van der Waals surface area contributed by atoms with Gasteiger partial charge in [0.25, 0.3) is 0 Å². The van der Waals surface area contributed by atoms with E-state index in [-0.39, 0.29) is 19.5 Å². The average Bonchev–Trinajstić information content (AvgIpc) is 3.65. The molecule has 0 bridgehead atoms. The topological polar surface area (TPSA) is 200 Å². The predicted octanol–water partition coefficient (Wildman–Crippen LogP) is -1.52. The molecule has 1 aliphatic rings. The van der Waals surface area contributed by atoms with Crippen LogP contribution >= 0.6 is 0 Å². The number of ether oxygens (including phenoxy) is 1. The molecule has 5 amide bonds. The minimum Gasteiger partial charge on any atom is -0.480 e. The van der Waals surface area contributed by atoms with E-state index in [4.69, 9.17) is 4.74 Å². The molecule has 218 valence electrons. The number of carbonyl (C=O) groups is 7. The Labute approximate surface area is 231 Å². The van der Waals surface area contributed by atoms with E-state index in [0.29, 0.717) is 0 Å². The highest BCUT2D eigenvalue weighted by Crippen LogP contribution is 2.21. The molecular formula is C26H35N5O9. The Morgan fingerprint density at radius 3 is 2.15 bits per heavy atom. The van der Waals surface area contributed by atoms with E-state index in [1.54, 1.807) is 51.1 Å². The van der Waals surface area contributed by atoms with Crippen molar-refractivity contribution in [2.24, 2.45) is 0 Å². The van der Waals surface area contributed by atoms with Crippen molar-refractivity contribution in [3.05, 3.63) is 35.9 Å². The van der Waals surface area contributed by atoms with Crippen molar-refractivity contribution in [2.45, 2.75) is 64.3 Å². The van der Waals surface area contributed by atoms with Gasteiger partial charge in [-0.15, -0.1) is 0 Å². The second-order valence-corrected chi connectivity index (χ2v) is 10.2. The number of carboxylic acid groups (broad SMARTS) is 1. The van der Waals surface area contributed by atoms with Crippen molar-refractivity contribution in [1.29, 1.82) is 0 Å². The van der Waals surface area contributed by atoms with Gasteiger partial charge < -0.3 is 36.0 Å². The van der Waals surface area contributed by atoms with Crippen LogP contribution in [0.25, 0.3) is 0 Å². The van der Waals surface area contributed by atoms with E-state index in [2.05, 4.69) is 21.3 Å². The SMILES string of the molecule is CC(=O)NCC(=O)NCC(=O)N[C@@H](Cc1ccccc1)C(=O)N1C[C@H]1C(=O)N[C@@H](CC(=O)OC(C)(C)C)C(=O)O. The zero-order valence-electron chi connectivity index (χ0n) is 22.8. The van der Waals surface area contributed by atoms with E-state index < -0.39 is 78.2 Å². The molecule has 0 aliphatic carbocycles. The van der Waals surface area contributed by atoms with Crippen LogP contribution < -0.4 is 21.3 Å². The number of rotatable bonds is 13. The lowest BCUT2D eigenvalue weighted by Gasteiger charge is -2.21. The summed E-state index contributed by atoms with van der Waals surface area (Å²) in [6.07, 6.45) is -0.508. The molecule has 1 aromatic carbocycles. The van der Waals surface area contributed by atoms with Crippen LogP contribution in [0.4, 0.5) is 0 Å². The van der Waals surface area contributed by atoms with Gasteiger partial charge in [-0.05, 0) is 26.3 Å². The Morgan fingerprint density at radius 1 is 0.950 bits per heavy atom. The standard InChI is InChI=1S/C26H35N5O9/c1-15(32)27-12-20(33)28-13-21(34)29-17(10-16-8-6-5-7-9-16)24(37)31-14-19(31)23(36)30-18(25(38)39)11-22(35)40-26(2,3)4/h5-9,17-19H,10-14H2,1-4H3,(H,27,32)(H,28,33)(H,29,34)(H,30,36)(H,38,39)/t17-,18-,19-,31?/m0/s1. The Hall–Kier alpha value is -4.49. The number of carboxylic acids is 1. The first-order valence-corrected chi connectivity index (χ1v) is 12.6. The van der Waals surface area contributed by atoms with Gasteiger partial charge in [0.1, 0.15) is 23.7 Å². The number of carbonyl (C=O) groups excluding carboxylic acids is 6. The van der Waals surface area contributed by atoms with Crippen molar-refractivity contribution in [1.82, 2.24) is 26.2 Å². The minimum atomic E-state index is -1.55. The molecule has 5 N–H and O–H groups in total. The van der Waals surface area contributed by atoms with Gasteiger partial charge in [-0.2, -0.15) is 0 Å². The first-order valence-electron chi connectivity index (χ1n) is 12.6. The minimum absolute atomic E-state index is 0.0158. The maximum Gasteiger partial charge on any atom is 0.326 e. The van der Waals surface area contributed by atoms with E-state index >= 15 is 0 Å². The lowest BCUT2D eigenvalue weighted by molar-refractivity contribution is -0.158. The highest BCUT2D eigenvalue weighted by Gasteiger charge is 2.47. The maximum atomic E-state index is 13.2. The average molecular weight is 562 g/mol. The molecule has 1 saturated heterocycles. The zero-order chi connectivity index (χ0) is 30.0. The van der Waals surface area contributed by atoms with Crippen LogP contribution in [0, 0.1) is 0 Å². The summed E-state index contributed by atoms with van der Waals surface area (Å²) in [6.45, 7) is 5.32. The fraction of sp³-hybridized carbons (Fsp3) is 0.500. The van der Waals surface area contributed by atoms with Crippen molar-refractivity contribution in [2.75, 3.05) is 19.6 Å². The molecule has 0 spiro atoms. The molecule has 3 atom stereocenters. The van der Waals surface area contributed by atoms with Crippen LogP contribution in [0.2, 0.25) is 0 Å². The number of aliphatic carboxylic acids is 1. The number of amides is 5. The predicted molar refractivity (Wildman–Crippen MR) is 139 cm³/mol. The van der Waals surface area contributed by atoms with Gasteiger partial charge >= 0.3 is 11.9 Å². The monoisotopic (exact) mass is 561 g/mol. The maximum absolute atomic E-state index is 13.2. The molecule has 0 saturated carbocycles. The molecule has 14 heteroatoms. The lowest BCUT2D eigenvalue weighted by Crippen LogP contribution is -2.50. The molecule has 1 fully saturated rings. The lowest BCUT2D eigenvalue weighted by atomic mass is 10.1. The van der Waals surface area contributed by atoms with Gasteiger partial charge in [-0.25, -0.2) is 4.79 Å². The van der Waals surface area contributed by atoms with Gasteiger partial charge in [-0.1, -0.05) is 30.3 Å². The summed E-state index contributed by atoms with van der Waals surface area (Å²) >= 11 is 0. The number of nitrogens with one attached hydrogen (secondary N) is 4. The third-order valence-corrected chi connectivity index (χ3v) is 5.46. The largest absolute Gasteiger partial charge is 0.480 e. The third-order valence-electron chi connectivity index (χ3n) is 5.46. The van der Waals surface area contributed by atoms with E-state index in [1.165, 1.54) is 11.8 Å². The van der Waals surface area contributed by atoms with Crippen molar-refractivity contribution in [3.8, 4) is 0 Å². The van der Waals surface area contributed by atoms with Crippen LogP contribution in [-0.4, -0.2) is 94.8 Å². The highest BCUT2D eigenvalue weighted by atomic mass is 16.6. The summed E-state index contributed by atoms with van der Waals surface area (Å²) in [5.74, 6) is -5.27. The second kappa shape index (κ2) is 14.1. The molecular weight excluding hydrogens is 526 g/mol. The van der Waals surface area contributed by atoms with Crippen LogP contribution in [0.15, 0.2) is 30.3 Å². The van der Waals surface area contributed by atoms with Gasteiger partial charge in [0.05, 0.1) is 26.1 Å². The molecule has 1 aromatic rings. The van der Waals surface area contributed by atoms with Crippen LogP contribution in [-0.2, 0) is 44.7 Å². The van der Waals surface area contributed by atoms with Gasteiger partial charge in [-0.3, -0.25) is 28.8 Å². The van der Waals surface area contributed by atoms with Gasteiger partial charge in [0, 0.05) is 13.3 Å². The Kier molecular flexibility index (Phi) is 11.1. The molecule has 14 nitrogen and oxygen atoms in total. The van der Waals surface area contributed by atoms with E-state index in [0.717, 1.165) is 5.56 Å². The van der Waals surface area contributed by atoms with E-state index in [1.807, 2.05) is 0 Å². The fourth-order valence-electron chi connectivity index (χ4n) is 3.57.